The first kappa shape index (κ1) is 38.2. The van der Waals surface area contributed by atoms with Crippen molar-refractivity contribution in [3.8, 4) is 33.4 Å². The third-order valence-corrected chi connectivity index (χ3v) is 11.5. The summed E-state index contributed by atoms with van der Waals surface area (Å²) < 4.78 is 0. The Kier molecular flexibility index (Phi) is 13.5. The van der Waals surface area contributed by atoms with Gasteiger partial charge in [0.2, 0.25) is 0 Å². The van der Waals surface area contributed by atoms with Crippen molar-refractivity contribution in [1.82, 2.24) is 0 Å². The van der Waals surface area contributed by atoms with Crippen molar-refractivity contribution in [2.24, 2.45) is 0 Å². The van der Waals surface area contributed by atoms with Gasteiger partial charge in [-0.15, -0.1) is 0 Å². The normalized spacial score (nSPS) is 11.9. The van der Waals surface area contributed by atoms with E-state index in [0.29, 0.717) is 0 Å². The Labute approximate surface area is 331 Å². The summed E-state index contributed by atoms with van der Waals surface area (Å²) in [6.07, 6.45) is 18.9. The minimum atomic E-state index is 1.10. The lowest BCUT2D eigenvalue weighted by Crippen LogP contribution is -2.07. The summed E-state index contributed by atoms with van der Waals surface area (Å²) in [7, 11) is 0. The van der Waals surface area contributed by atoms with E-state index in [1.807, 2.05) is 0 Å². The monoisotopic (exact) mass is 724 g/mol. The molecule has 1 aliphatic carbocycles. The minimum Gasteiger partial charge on any atom is -0.356 e. The van der Waals surface area contributed by atoms with Crippen LogP contribution >= 0.6 is 0 Å². The average molecular weight is 725 g/mol. The predicted octanol–water partition coefficient (Wildman–Crippen LogP) is 15.7. The molecule has 0 amide bonds. The molecule has 6 aromatic rings. The quantitative estimate of drug-likeness (QED) is 0.0766. The Morgan fingerprint density at radius 2 is 0.836 bits per heavy atom. The van der Waals surface area contributed by atoms with Gasteiger partial charge in [-0.3, -0.25) is 0 Å². The van der Waals surface area contributed by atoms with Crippen LogP contribution in [0.2, 0.25) is 0 Å². The first-order chi connectivity index (χ1) is 27.2. The summed E-state index contributed by atoms with van der Waals surface area (Å²) in [5.41, 5.74) is 18.4. The highest BCUT2D eigenvalue weighted by atomic mass is 14.9. The second-order valence-electron chi connectivity index (χ2n) is 15.7. The lowest BCUT2D eigenvalue weighted by Gasteiger charge is -2.19. The van der Waals surface area contributed by atoms with Crippen LogP contribution in [0.1, 0.15) is 107 Å². The molecule has 0 unspecified atom stereocenters. The number of benzene rings is 6. The largest absolute Gasteiger partial charge is 0.356 e. The molecule has 6 aromatic carbocycles. The Hall–Kier alpha value is -5.08. The molecule has 0 fully saturated rings. The van der Waals surface area contributed by atoms with Crippen LogP contribution in [-0.2, 0) is 25.7 Å². The molecule has 0 radical (unpaired) electrons. The molecule has 0 atom stereocenters. The molecule has 282 valence electrons. The smallest absolute Gasteiger partial charge is 0.0390 e. The van der Waals surface area contributed by atoms with E-state index in [0.717, 1.165) is 35.6 Å². The Morgan fingerprint density at radius 1 is 0.364 bits per heavy atom. The molecule has 7 rings (SSSR count). The maximum Gasteiger partial charge on any atom is 0.0390 e. The van der Waals surface area contributed by atoms with Crippen molar-refractivity contribution >= 4 is 22.7 Å². The molecular weight excluding hydrogens is 665 g/mol. The van der Waals surface area contributed by atoms with Crippen molar-refractivity contribution in [3.63, 3.8) is 0 Å². The molecule has 1 aliphatic rings. The number of aryl methyl sites for hydroxylation is 4. The van der Waals surface area contributed by atoms with E-state index in [-0.39, 0.29) is 0 Å². The third-order valence-electron chi connectivity index (χ3n) is 11.5. The van der Waals surface area contributed by atoms with Gasteiger partial charge in [-0.1, -0.05) is 157 Å². The van der Waals surface area contributed by atoms with E-state index in [4.69, 9.17) is 0 Å². The number of fused-ring (bicyclic) bond motifs is 1. The molecule has 0 bridgehead atoms. The van der Waals surface area contributed by atoms with Crippen LogP contribution < -0.4 is 10.6 Å². The van der Waals surface area contributed by atoms with Gasteiger partial charge in [-0.25, -0.2) is 0 Å². The lowest BCUT2D eigenvalue weighted by molar-refractivity contribution is 0.607. The molecule has 2 N–H and O–H groups in total. The number of unbranched alkanes of at least 4 members (excludes halogenated alkanes) is 9. The molecule has 2 heteroatoms. The highest BCUT2D eigenvalue weighted by Crippen LogP contribution is 2.37. The second-order valence-corrected chi connectivity index (χ2v) is 15.7. The standard InChI is InChI=1S/C53H60N2/c1-3-5-7-9-11-14-19-47-39-53(42-30-34-50(35-31-42)55-51-23-17-20-43(37-51)45-27-25-40-24-26-44(40)36-45)46(18-13-10-8-6-4-2)38-52(47)41-28-32-49(33-29-41)54-48-21-15-12-16-22-48/h12,15-17,20-23,25,27-39,54-55H,3-11,13-14,18-19,24,26H2,1-2H3. The van der Waals surface area contributed by atoms with Gasteiger partial charge >= 0.3 is 0 Å². The summed E-state index contributed by atoms with van der Waals surface area (Å²) in [5.74, 6) is 0. The topological polar surface area (TPSA) is 24.1 Å². The van der Waals surface area contributed by atoms with Gasteiger partial charge in [0.05, 0.1) is 0 Å². The minimum absolute atomic E-state index is 1.10. The fourth-order valence-electron chi connectivity index (χ4n) is 8.13. The molecule has 0 heterocycles. The maximum atomic E-state index is 3.71. The van der Waals surface area contributed by atoms with Gasteiger partial charge in [0, 0.05) is 22.7 Å². The van der Waals surface area contributed by atoms with Crippen molar-refractivity contribution in [2.45, 2.75) is 110 Å². The van der Waals surface area contributed by atoms with Gasteiger partial charge in [-0.2, -0.15) is 0 Å². The van der Waals surface area contributed by atoms with Crippen LogP contribution in [-0.4, -0.2) is 0 Å². The van der Waals surface area contributed by atoms with E-state index in [9.17, 15) is 0 Å². The van der Waals surface area contributed by atoms with Crippen LogP contribution in [0.4, 0.5) is 22.7 Å². The summed E-state index contributed by atoms with van der Waals surface area (Å²) >= 11 is 0. The highest BCUT2D eigenvalue weighted by Gasteiger charge is 2.16. The summed E-state index contributed by atoms with van der Waals surface area (Å²) in [4.78, 5) is 0. The van der Waals surface area contributed by atoms with Crippen molar-refractivity contribution in [2.75, 3.05) is 10.6 Å². The van der Waals surface area contributed by atoms with Gasteiger partial charge in [0.25, 0.3) is 0 Å². The molecule has 0 spiro atoms. The van der Waals surface area contributed by atoms with Crippen LogP contribution in [0, 0.1) is 0 Å². The summed E-state index contributed by atoms with van der Waals surface area (Å²) in [6, 6.07) is 49.6. The molecule has 0 saturated heterocycles. The number of hydrogen-bond donors (Lipinski definition) is 2. The van der Waals surface area contributed by atoms with Crippen LogP contribution in [0.15, 0.2) is 133 Å². The SMILES string of the molecule is CCCCCCCCc1cc(-c2ccc(Nc3cccc(-c4ccc5c(c4)CC5)c3)cc2)c(CCCCCCC)cc1-c1ccc(Nc2ccccc2)cc1. The van der Waals surface area contributed by atoms with Crippen molar-refractivity contribution < 1.29 is 0 Å². The zero-order valence-electron chi connectivity index (χ0n) is 33.3. The van der Waals surface area contributed by atoms with Gasteiger partial charge in [0.1, 0.15) is 0 Å². The zero-order valence-corrected chi connectivity index (χ0v) is 33.3. The number of anilines is 4. The zero-order chi connectivity index (χ0) is 37.7. The van der Waals surface area contributed by atoms with E-state index in [1.165, 1.54) is 139 Å². The predicted molar refractivity (Wildman–Crippen MR) is 239 cm³/mol. The van der Waals surface area contributed by atoms with Gasteiger partial charge < -0.3 is 10.6 Å². The molecule has 0 saturated carbocycles. The van der Waals surface area contributed by atoms with Crippen molar-refractivity contribution in [1.29, 1.82) is 0 Å². The fourth-order valence-corrected chi connectivity index (χ4v) is 8.13. The van der Waals surface area contributed by atoms with E-state index >= 15 is 0 Å². The summed E-state index contributed by atoms with van der Waals surface area (Å²) in [5, 5.41) is 7.28. The molecule has 0 aromatic heterocycles. The third kappa shape index (κ3) is 10.4. The Morgan fingerprint density at radius 3 is 1.38 bits per heavy atom. The van der Waals surface area contributed by atoms with Gasteiger partial charge in [0.15, 0.2) is 0 Å². The fraction of sp³-hybridized carbons (Fsp3) is 0.321. The first-order valence-electron chi connectivity index (χ1n) is 21.3. The maximum absolute atomic E-state index is 3.71. The van der Waals surface area contributed by atoms with E-state index < -0.39 is 0 Å². The summed E-state index contributed by atoms with van der Waals surface area (Å²) in [6.45, 7) is 4.60. The highest BCUT2D eigenvalue weighted by molar-refractivity contribution is 5.79. The Balaban J connectivity index is 1.15. The number of hydrogen-bond acceptors (Lipinski definition) is 2. The van der Waals surface area contributed by atoms with E-state index in [1.54, 1.807) is 0 Å². The van der Waals surface area contributed by atoms with Crippen LogP contribution in [0.25, 0.3) is 33.4 Å². The van der Waals surface area contributed by atoms with Gasteiger partial charge in [-0.05, 0) is 143 Å². The Bertz CT molecular complexity index is 2090. The molecule has 55 heavy (non-hydrogen) atoms. The number of para-hydroxylation sites is 1. The second kappa shape index (κ2) is 19.5. The first-order valence-corrected chi connectivity index (χ1v) is 21.3. The number of rotatable bonds is 20. The molecular formula is C53H60N2. The van der Waals surface area contributed by atoms with Crippen LogP contribution in [0.3, 0.4) is 0 Å². The molecule has 2 nitrogen and oxygen atoms in total. The lowest BCUT2D eigenvalue weighted by atomic mass is 9.86. The van der Waals surface area contributed by atoms with Crippen LogP contribution in [0.5, 0.6) is 0 Å². The average Bonchev–Trinajstić information content (AvgIpc) is 3.21. The van der Waals surface area contributed by atoms with Crippen molar-refractivity contribution in [3.05, 3.63) is 156 Å². The number of nitrogens with one attached hydrogen (secondary N) is 2. The molecule has 0 aliphatic heterocycles. The van der Waals surface area contributed by atoms with E-state index in [2.05, 4.69) is 158 Å².